The quantitative estimate of drug-likeness (QED) is 0.0408. The lowest BCUT2D eigenvalue weighted by Crippen LogP contribution is -2.49. The molecule has 57 heavy (non-hydrogen) atoms. The minimum absolute atomic E-state index is 0.0457. The number of carbonyl (C=O) groups is 10. The van der Waals surface area contributed by atoms with Gasteiger partial charge in [-0.15, -0.1) is 0 Å². The Morgan fingerprint density at radius 1 is 0.421 bits per heavy atom. The Hall–Kier alpha value is -5.83. The molecule has 0 aromatic heterocycles. The van der Waals surface area contributed by atoms with Gasteiger partial charge in [0.2, 0.25) is 53.2 Å². The van der Waals surface area contributed by atoms with Crippen molar-refractivity contribution in [1.82, 2.24) is 49.4 Å². The van der Waals surface area contributed by atoms with E-state index in [0.29, 0.717) is 12.8 Å². The molecule has 0 fully saturated rings. The number of likely N-dealkylation sites (N-methyl/N-ethyl adjacent to an activating group) is 10. The first-order valence-corrected chi connectivity index (χ1v) is 17.9. The molecule has 0 aromatic rings. The van der Waals surface area contributed by atoms with Crippen molar-refractivity contribution in [1.29, 1.82) is 0 Å². The van der Waals surface area contributed by atoms with Gasteiger partial charge in [0.25, 0.3) is 0 Å². The SMILES string of the molecule is CNCC(=O)N(C)CC(=O)N(C)CC(=O)N(C)CC(=O)N(C)CC(=O)N(C)CC(=O)N(C)CC(=O)N(C)CC(=O)N(C)CC(=O)N(C)CC(=O)CCCCN=[N+]=[N-]. The number of Topliss-reactive ketones (excluding diaryl/α,β-unsaturated/α-hetero) is 1. The van der Waals surface area contributed by atoms with E-state index in [2.05, 4.69) is 15.3 Å². The summed E-state index contributed by atoms with van der Waals surface area (Å²) in [5.74, 6) is -4.97. The zero-order chi connectivity index (χ0) is 44.0. The van der Waals surface area contributed by atoms with E-state index in [4.69, 9.17) is 5.53 Å². The molecule has 0 atom stereocenters. The zero-order valence-electron chi connectivity index (χ0n) is 34.8. The van der Waals surface area contributed by atoms with Crippen LogP contribution in [0.25, 0.3) is 10.4 Å². The predicted molar refractivity (Wildman–Crippen MR) is 206 cm³/mol. The van der Waals surface area contributed by atoms with Crippen LogP contribution < -0.4 is 5.32 Å². The standard InChI is InChI=1S/C34H59N13O10/c1-36-15-26(49)40(3)17-28(51)42(5)19-30(53)44(7)21-32(55)46(9)23-34(57)47(10)24-33(56)45(8)22-31(54)43(6)20-29(52)41(4)18-27(50)39(2)16-25(48)13-11-12-14-37-38-35/h36H,11-24H2,1-10H3. The summed E-state index contributed by atoms with van der Waals surface area (Å²) in [6, 6.07) is 0. The highest BCUT2D eigenvalue weighted by Gasteiger charge is 2.26. The highest BCUT2D eigenvalue weighted by atomic mass is 16.2. The van der Waals surface area contributed by atoms with Crippen LogP contribution in [-0.4, -0.2) is 246 Å². The van der Waals surface area contributed by atoms with Gasteiger partial charge in [0, 0.05) is 81.3 Å². The molecule has 0 radical (unpaired) electrons. The Kier molecular flexibility index (Phi) is 23.4. The number of unbranched alkanes of at least 4 members (excludes halogenated alkanes) is 1. The topological polar surface area (TPSA) is 261 Å². The average molecular weight is 810 g/mol. The Morgan fingerprint density at radius 2 is 0.667 bits per heavy atom. The normalized spacial score (nSPS) is 10.3. The fourth-order valence-electron chi connectivity index (χ4n) is 4.56. The molecule has 0 heterocycles. The van der Waals surface area contributed by atoms with Crippen LogP contribution in [0.3, 0.4) is 0 Å². The number of hydrogen-bond acceptors (Lipinski definition) is 12. The van der Waals surface area contributed by atoms with Crippen molar-refractivity contribution < 1.29 is 47.9 Å². The van der Waals surface area contributed by atoms with Gasteiger partial charge in [-0.25, -0.2) is 0 Å². The van der Waals surface area contributed by atoms with E-state index < -0.39 is 80.0 Å². The molecule has 0 aliphatic rings. The number of nitrogens with zero attached hydrogens (tertiary/aromatic N) is 12. The second kappa shape index (κ2) is 26.1. The molecule has 320 valence electrons. The summed E-state index contributed by atoms with van der Waals surface area (Å²) in [6.07, 6.45) is 1.26. The van der Waals surface area contributed by atoms with Crippen molar-refractivity contribution in [2.45, 2.75) is 19.3 Å². The molecule has 0 unspecified atom stereocenters. The molecule has 0 aliphatic heterocycles. The van der Waals surface area contributed by atoms with Gasteiger partial charge in [-0.2, -0.15) is 0 Å². The third-order valence-corrected chi connectivity index (χ3v) is 8.58. The first-order valence-electron chi connectivity index (χ1n) is 17.9. The number of ketones is 1. The van der Waals surface area contributed by atoms with Gasteiger partial charge in [0.15, 0.2) is 5.78 Å². The van der Waals surface area contributed by atoms with Gasteiger partial charge >= 0.3 is 0 Å². The first kappa shape index (κ1) is 51.2. The molecular weight excluding hydrogens is 750 g/mol. The van der Waals surface area contributed by atoms with Crippen molar-refractivity contribution >= 4 is 58.9 Å². The molecule has 9 amide bonds. The minimum atomic E-state index is -0.606. The van der Waals surface area contributed by atoms with E-state index in [9.17, 15) is 47.9 Å². The van der Waals surface area contributed by atoms with Crippen LogP contribution >= 0.6 is 0 Å². The van der Waals surface area contributed by atoms with Crippen LogP contribution in [-0.2, 0) is 47.9 Å². The summed E-state index contributed by atoms with van der Waals surface area (Å²) in [4.78, 5) is 138. The Morgan fingerprint density at radius 3 is 0.912 bits per heavy atom. The van der Waals surface area contributed by atoms with Gasteiger partial charge in [-0.1, -0.05) is 5.11 Å². The van der Waals surface area contributed by atoms with Gasteiger partial charge < -0.3 is 49.4 Å². The monoisotopic (exact) mass is 809 g/mol. The van der Waals surface area contributed by atoms with Crippen LogP contribution in [0.2, 0.25) is 0 Å². The van der Waals surface area contributed by atoms with Crippen LogP contribution in [0, 0.1) is 0 Å². The van der Waals surface area contributed by atoms with Crippen molar-refractivity contribution in [3.05, 3.63) is 10.4 Å². The summed E-state index contributed by atoms with van der Waals surface area (Å²) in [6.45, 7) is -2.83. The maximum atomic E-state index is 12.8. The number of rotatable bonds is 25. The smallest absolute Gasteiger partial charge is 0.242 e. The van der Waals surface area contributed by atoms with E-state index >= 15 is 0 Å². The summed E-state index contributed by atoms with van der Waals surface area (Å²) >= 11 is 0. The number of amides is 9. The second-order valence-electron chi connectivity index (χ2n) is 13.7. The maximum Gasteiger partial charge on any atom is 0.242 e. The zero-order valence-corrected chi connectivity index (χ0v) is 34.8. The molecular formula is C34H59N13O10. The van der Waals surface area contributed by atoms with Crippen molar-refractivity contribution in [3.63, 3.8) is 0 Å². The lowest BCUT2D eigenvalue weighted by molar-refractivity contribution is -0.146. The summed E-state index contributed by atoms with van der Waals surface area (Å²) < 4.78 is 0. The molecule has 0 bridgehead atoms. The Labute approximate surface area is 333 Å². The van der Waals surface area contributed by atoms with E-state index in [1.165, 1.54) is 73.2 Å². The minimum Gasteiger partial charge on any atom is -0.337 e. The number of azide groups is 1. The molecule has 0 saturated heterocycles. The average Bonchev–Trinajstić information content (AvgIpc) is 3.13. The molecule has 0 saturated carbocycles. The summed E-state index contributed by atoms with van der Waals surface area (Å²) in [7, 11) is 14.0. The summed E-state index contributed by atoms with van der Waals surface area (Å²) in [5.41, 5.74) is 8.29. The maximum absolute atomic E-state index is 12.8. The fraction of sp³-hybridized carbons (Fsp3) is 0.706. The predicted octanol–water partition coefficient (Wildman–Crippen LogP) is -3.62. The van der Waals surface area contributed by atoms with E-state index in [0.717, 1.165) is 34.3 Å². The van der Waals surface area contributed by atoms with E-state index in [-0.39, 0.29) is 57.4 Å². The largest absolute Gasteiger partial charge is 0.337 e. The van der Waals surface area contributed by atoms with Crippen molar-refractivity contribution in [2.75, 3.05) is 142 Å². The van der Waals surface area contributed by atoms with E-state index in [1.54, 1.807) is 7.05 Å². The third-order valence-electron chi connectivity index (χ3n) is 8.58. The second-order valence-corrected chi connectivity index (χ2v) is 13.7. The first-order chi connectivity index (χ1) is 26.5. The van der Waals surface area contributed by atoms with Crippen LogP contribution in [0.4, 0.5) is 0 Å². The van der Waals surface area contributed by atoms with Gasteiger partial charge in [0.1, 0.15) is 0 Å². The number of carbonyl (C=O) groups excluding carboxylic acids is 10. The summed E-state index contributed by atoms with van der Waals surface area (Å²) in [5, 5.41) is 6.09. The van der Waals surface area contributed by atoms with Crippen LogP contribution in [0.1, 0.15) is 19.3 Å². The fourth-order valence-corrected chi connectivity index (χ4v) is 4.56. The van der Waals surface area contributed by atoms with E-state index in [1.807, 2.05) is 0 Å². The molecule has 23 heteroatoms. The highest BCUT2D eigenvalue weighted by molar-refractivity contribution is 5.93. The molecule has 0 aromatic carbocycles. The van der Waals surface area contributed by atoms with Crippen LogP contribution in [0.5, 0.6) is 0 Å². The van der Waals surface area contributed by atoms with Gasteiger partial charge in [0.05, 0.1) is 65.4 Å². The molecule has 23 nitrogen and oxygen atoms in total. The third kappa shape index (κ3) is 20.1. The lowest BCUT2D eigenvalue weighted by atomic mass is 10.1. The van der Waals surface area contributed by atoms with Crippen molar-refractivity contribution in [3.8, 4) is 0 Å². The number of nitrogens with one attached hydrogen (secondary N) is 1. The highest BCUT2D eigenvalue weighted by Crippen LogP contribution is 2.02. The molecule has 1 N–H and O–H groups in total. The van der Waals surface area contributed by atoms with Gasteiger partial charge in [-0.3, -0.25) is 47.9 Å². The molecule has 0 spiro atoms. The van der Waals surface area contributed by atoms with Crippen molar-refractivity contribution in [2.24, 2.45) is 5.11 Å². The van der Waals surface area contributed by atoms with Crippen LogP contribution in [0.15, 0.2) is 5.11 Å². The molecule has 0 aliphatic carbocycles. The lowest BCUT2D eigenvalue weighted by Gasteiger charge is -2.27. The number of hydrogen-bond donors (Lipinski definition) is 1. The Balaban J connectivity index is 4.81. The van der Waals surface area contributed by atoms with Gasteiger partial charge in [-0.05, 0) is 25.4 Å². The Bertz CT molecular complexity index is 1520. The molecule has 0 rings (SSSR count).